The van der Waals surface area contributed by atoms with Crippen LogP contribution in [0.15, 0.2) is 60.1 Å². The second-order valence-corrected chi connectivity index (χ2v) is 7.86. The molecule has 0 spiro atoms. The van der Waals surface area contributed by atoms with E-state index >= 15 is 0 Å². The zero-order chi connectivity index (χ0) is 20.6. The third kappa shape index (κ3) is 3.56. The van der Waals surface area contributed by atoms with Gasteiger partial charge in [-0.2, -0.15) is 10.2 Å². The SMILES string of the molecule is CC1(C)Cc2c(cnn2-c2ccc(Cl)cc2)C(=O)/C1=N\NC(=O)c1ccncc1. The van der Waals surface area contributed by atoms with Gasteiger partial charge in [0.25, 0.3) is 5.91 Å². The maximum atomic E-state index is 13.1. The lowest BCUT2D eigenvalue weighted by atomic mass is 9.74. The van der Waals surface area contributed by atoms with Crippen LogP contribution in [0.25, 0.3) is 5.69 Å². The highest BCUT2D eigenvalue weighted by Crippen LogP contribution is 2.34. The Morgan fingerprint density at radius 1 is 1.17 bits per heavy atom. The summed E-state index contributed by atoms with van der Waals surface area (Å²) in [6, 6.07) is 10.4. The molecule has 2 heterocycles. The summed E-state index contributed by atoms with van der Waals surface area (Å²) in [5, 5.41) is 9.20. The van der Waals surface area contributed by atoms with Gasteiger partial charge < -0.3 is 0 Å². The van der Waals surface area contributed by atoms with Crippen LogP contribution in [0.4, 0.5) is 0 Å². The number of carbonyl (C=O) groups excluding carboxylic acids is 2. The molecule has 29 heavy (non-hydrogen) atoms. The van der Waals surface area contributed by atoms with Gasteiger partial charge in [0.05, 0.1) is 23.1 Å². The van der Waals surface area contributed by atoms with Gasteiger partial charge in [-0.3, -0.25) is 14.6 Å². The minimum atomic E-state index is -0.584. The van der Waals surface area contributed by atoms with Crippen molar-refractivity contribution in [2.75, 3.05) is 0 Å². The van der Waals surface area contributed by atoms with Crippen LogP contribution >= 0.6 is 11.6 Å². The molecule has 1 aliphatic rings. The number of Topliss-reactive ketones (excluding diaryl/α,β-unsaturated/α-hetero) is 1. The summed E-state index contributed by atoms with van der Waals surface area (Å²) in [6.07, 6.45) is 5.13. The lowest BCUT2D eigenvalue weighted by molar-refractivity contribution is 0.0954. The van der Waals surface area contributed by atoms with Crippen LogP contribution in [0.2, 0.25) is 5.02 Å². The monoisotopic (exact) mass is 407 g/mol. The van der Waals surface area contributed by atoms with Gasteiger partial charge in [-0.25, -0.2) is 10.1 Å². The lowest BCUT2D eigenvalue weighted by Crippen LogP contribution is -2.40. The molecular formula is C21H18ClN5O2. The van der Waals surface area contributed by atoms with Crippen LogP contribution < -0.4 is 5.43 Å². The molecule has 0 bridgehead atoms. The van der Waals surface area contributed by atoms with Gasteiger partial charge in [0.2, 0.25) is 5.78 Å². The number of benzene rings is 1. The number of fused-ring (bicyclic) bond motifs is 1. The summed E-state index contributed by atoms with van der Waals surface area (Å²) in [6.45, 7) is 3.84. The molecule has 0 atom stereocenters. The van der Waals surface area contributed by atoms with Crippen LogP contribution in [-0.4, -0.2) is 32.2 Å². The number of pyridine rings is 1. The number of hydrogen-bond acceptors (Lipinski definition) is 5. The topological polar surface area (TPSA) is 89.2 Å². The van der Waals surface area contributed by atoms with E-state index in [1.165, 1.54) is 12.4 Å². The molecule has 0 aliphatic heterocycles. The van der Waals surface area contributed by atoms with Crippen molar-refractivity contribution in [3.05, 3.63) is 76.8 Å². The molecular weight excluding hydrogens is 390 g/mol. The van der Waals surface area contributed by atoms with Crippen molar-refractivity contribution in [2.45, 2.75) is 20.3 Å². The molecule has 146 valence electrons. The van der Waals surface area contributed by atoms with E-state index in [1.54, 1.807) is 35.1 Å². The van der Waals surface area contributed by atoms with Crippen LogP contribution in [0.1, 0.15) is 40.3 Å². The van der Waals surface area contributed by atoms with E-state index in [4.69, 9.17) is 11.6 Å². The molecule has 8 heteroatoms. The zero-order valence-corrected chi connectivity index (χ0v) is 16.6. The molecule has 7 nitrogen and oxygen atoms in total. The molecule has 0 saturated carbocycles. The summed E-state index contributed by atoms with van der Waals surface area (Å²) in [5.74, 6) is -0.641. The maximum absolute atomic E-state index is 13.1. The molecule has 3 aromatic rings. The molecule has 1 amide bonds. The second-order valence-electron chi connectivity index (χ2n) is 7.42. The van der Waals surface area contributed by atoms with Crippen molar-refractivity contribution in [1.82, 2.24) is 20.2 Å². The minimum absolute atomic E-state index is 0.244. The number of carbonyl (C=O) groups is 2. The maximum Gasteiger partial charge on any atom is 0.271 e. The summed E-state index contributed by atoms with van der Waals surface area (Å²) in [4.78, 5) is 29.3. The molecule has 2 aromatic heterocycles. The predicted octanol–water partition coefficient (Wildman–Crippen LogP) is 3.47. The number of ketones is 1. The number of aromatic nitrogens is 3. The van der Waals surface area contributed by atoms with Crippen LogP contribution in [0, 0.1) is 5.41 Å². The van der Waals surface area contributed by atoms with Crippen molar-refractivity contribution in [3.63, 3.8) is 0 Å². The number of amides is 1. The Kier molecular flexibility index (Phi) is 4.76. The summed E-state index contributed by atoms with van der Waals surface area (Å²) < 4.78 is 1.75. The smallest absolute Gasteiger partial charge is 0.271 e. The minimum Gasteiger partial charge on any atom is -0.287 e. The summed E-state index contributed by atoms with van der Waals surface area (Å²) >= 11 is 5.97. The fraction of sp³-hybridized carbons (Fsp3) is 0.190. The first-order chi connectivity index (χ1) is 13.9. The third-order valence-corrected chi connectivity index (χ3v) is 5.11. The van der Waals surface area contributed by atoms with Crippen molar-refractivity contribution in [3.8, 4) is 5.69 Å². The van der Waals surface area contributed by atoms with Gasteiger partial charge in [0.15, 0.2) is 0 Å². The Morgan fingerprint density at radius 2 is 1.86 bits per heavy atom. The average Bonchev–Trinajstić information content (AvgIpc) is 3.11. The molecule has 1 aliphatic carbocycles. The highest BCUT2D eigenvalue weighted by Gasteiger charge is 2.40. The Labute approximate surface area is 172 Å². The van der Waals surface area contributed by atoms with Crippen molar-refractivity contribution in [1.29, 1.82) is 0 Å². The standard InChI is InChI=1S/C21H18ClN5O2/c1-21(2)11-17-16(12-24-27(17)15-5-3-14(22)4-6-15)18(28)19(21)25-26-20(29)13-7-9-23-10-8-13/h3-10,12H,11H2,1-2H3,(H,26,29)/b25-19+. The fourth-order valence-electron chi connectivity index (χ4n) is 3.35. The lowest BCUT2D eigenvalue weighted by Gasteiger charge is -2.30. The fourth-order valence-corrected chi connectivity index (χ4v) is 3.48. The van der Waals surface area contributed by atoms with E-state index < -0.39 is 11.3 Å². The number of hydrogen-bond donors (Lipinski definition) is 1. The van der Waals surface area contributed by atoms with Crippen LogP contribution in [0.5, 0.6) is 0 Å². The quantitative estimate of drug-likeness (QED) is 0.673. The van der Waals surface area contributed by atoms with E-state index in [2.05, 4.69) is 20.6 Å². The Balaban J connectivity index is 1.66. The van der Waals surface area contributed by atoms with Crippen molar-refractivity contribution in [2.24, 2.45) is 10.5 Å². The first kappa shape index (κ1) is 19.0. The first-order valence-corrected chi connectivity index (χ1v) is 9.41. The van der Waals surface area contributed by atoms with Crippen molar-refractivity contribution >= 4 is 29.0 Å². The summed E-state index contributed by atoms with van der Waals surface area (Å²) in [7, 11) is 0. The van der Waals surface area contributed by atoms with Gasteiger partial charge in [-0.05, 0) is 36.4 Å². The van der Waals surface area contributed by atoms with E-state index in [0.29, 0.717) is 28.3 Å². The zero-order valence-electron chi connectivity index (χ0n) is 15.9. The molecule has 0 radical (unpaired) electrons. The average molecular weight is 408 g/mol. The Hall–Kier alpha value is -3.32. The Bertz CT molecular complexity index is 1120. The predicted molar refractivity (Wildman–Crippen MR) is 110 cm³/mol. The van der Waals surface area contributed by atoms with Crippen LogP contribution in [-0.2, 0) is 6.42 Å². The Morgan fingerprint density at radius 3 is 2.55 bits per heavy atom. The number of hydrazone groups is 1. The number of halogens is 1. The van der Waals surface area contributed by atoms with Gasteiger partial charge in [-0.15, -0.1) is 0 Å². The molecule has 0 unspecified atom stereocenters. The van der Waals surface area contributed by atoms with Crippen molar-refractivity contribution < 1.29 is 9.59 Å². The number of nitrogens with zero attached hydrogens (tertiary/aromatic N) is 4. The van der Waals surface area contributed by atoms with E-state index in [9.17, 15) is 9.59 Å². The van der Waals surface area contributed by atoms with E-state index in [1.807, 2.05) is 26.0 Å². The van der Waals surface area contributed by atoms with Gasteiger partial charge in [-0.1, -0.05) is 25.4 Å². The highest BCUT2D eigenvalue weighted by molar-refractivity contribution is 6.48. The third-order valence-electron chi connectivity index (χ3n) is 4.86. The molecule has 0 saturated heterocycles. The van der Waals surface area contributed by atoms with E-state index in [0.717, 1.165) is 11.4 Å². The molecule has 1 N–H and O–H groups in total. The van der Waals surface area contributed by atoms with Gasteiger partial charge >= 0.3 is 0 Å². The van der Waals surface area contributed by atoms with Gasteiger partial charge in [0, 0.05) is 34.8 Å². The largest absolute Gasteiger partial charge is 0.287 e. The summed E-state index contributed by atoms with van der Waals surface area (Å²) in [5.41, 5.74) is 4.73. The number of rotatable bonds is 3. The first-order valence-electron chi connectivity index (χ1n) is 9.03. The molecule has 0 fully saturated rings. The molecule has 1 aromatic carbocycles. The highest BCUT2D eigenvalue weighted by atomic mass is 35.5. The second kappa shape index (κ2) is 7.25. The van der Waals surface area contributed by atoms with E-state index in [-0.39, 0.29) is 5.78 Å². The van der Waals surface area contributed by atoms with Crippen LogP contribution in [0.3, 0.4) is 0 Å². The number of nitrogens with one attached hydrogen (secondary N) is 1. The molecule has 4 rings (SSSR count). The van der Waals surface area contributed by atoms with Gasteiger partial charge in [0.1, 0.15) is 5.71 Å². The normalized spacial score (nSPS) is 16.5.